The van der Waals surface area contributed by atoms with E-state index in [9.17, 15) is 0 Å². The standard InChI is InChI=1S/C14H23N5/c1-4-7-19-14(9-12(3)16-19)11-15-10-13-6-8-18(5-2)17-13/h6,8-9,15H,4-5,7,10-11H2,1-3H3. The van der Waals surface area contributed by atoms with Gasteiger partial charge in [0.2, 0.25) is 0 Å². The Morgan fingerprint density at radius 1 is 1.21 bits per heavy atom. The summed E-state index contributed by atoms with van der Waals surface area (Å²) < 4.78 is 4.04. The molecule has 0 aliphatic heterocycles. The maximum absolute atomic E-state index is 4.50. The summed E-state index contributed by atoms with van der Waals surface area (Å²) in [4.78, 5) is 0. The molecular weight excluding hydrogens is 238 g/mol. The fourth-order valence-electron chi connectivity index (χ4n) is 2.14. The van der Waals surface area contributed by atoms with Crippen LogP contribution < -0.4 is 5.32 Å². The van der Waals surface area contributed by atoms with Gasteiger partial charge in [-0.05, 0) is 32.4 Å². The second-order valence-corrected chi connectivity index (χ2v) is 4.77. The number of hydrogen-bond acceptors (Lipinski definition) is 3. The van der Waals surface area contributed by atoms with Gasteiger partial charge in [-0.15, -0.1) is 0 Å². The van der Waals surface area contributed by atoms with Gasteiger partial charge in [0.05, 0.1) is 17.1 Å². The molecule has 5 nitrogen and oxygen atoms in total. The first-order valence-electron chi connectivity index (χ1n) is 6.99. The lowest BCUT2D eigenvalue weighted by atomic mass is 10.3. The molecule has 0 atom stereocenters. The van der Waals surface area contributed by atoms with Gasteiger partial charge >= 0.3 is 0 Å². The van der Waals surface area contributed by atoms with E-state index in [4.69, 9.17) is 0 Å². The third-order valence-electron chi connectivity index (χ3n) is 3.05. The Labute approximate surface area is 114 Å². The van der Waals surface area contributed by atoms with Crippen molar-refractivity contribution in [1.82, 2.24) is 24.9 Å². The molecule has 2 aromatic rings. The Kier molecular flexibility index (Phi) is 4.74. The molecule has 2 aromatic heterocycles. The van der Waals surface area contributed by atoms with E-state index in [2.05, 4.69) is 46.2 Å². The van der Waals surface area contributed by atoms with E-state index in [-0.39, 0.29) is 0 Å². The average Bonchev–Trinajstić information content (AvgIpc) is 2.97. The van der Waals surface area contributed by atoms with Crippen molar-refractivity contribution in [3.05, 3.63) is 35.4 Å². The molecule has 2 rings (SSSR count). The highest BCUT2D eigenvalue weighted by atomic mass is 15.3. The van der Waals surface area contributed by atoms with Gasteiger partial charge < -0.3 is 5.32 Å². The summed E-state index contributed by atoms with van der Waals surface area (Å²) in [5, 5.41) is 12.4. The molecule has 0 unspecified atom stereocenters. The summed E-state index contributed by atoms with van der Waals surface area (Å²) in [7, 11) is 0. The number of nitrogens with zero attached hydrogens (tertiary/aromatic N) is 4. The van der Waals surface area contributed by atoms with E-state index in [0.29, 0.717) is 0 Å². The molecular formula is C14H23N5. The summed E-state index contributed by atoms with van der Waals surface area (Å²) in [5.74, 6) is 0. The molecule has 104 valence electrons. The van der Waals surface area contributed by atoms with Gasteiger partial charge in [-0.2, -0.15) is 10.2 Å². The molecule has 0 amide bonds. The van der Waals surface area contributed by atoms with Crippen LogP contribution in [0.4, 0.5) is 0 Å². The van der Waals surface area contributed by atoms with Crippen LogP contribution in [0.5, 0.6) is 0 Å². The molecule has 0 aliphatic carbocycles. The van der Waals surface area contributed by atoms with Crippen LogP contribution in [-0.4, -0.2) is 19.6 Å². The molecule has 0 spiro atoms. The van der Waals surface area contributed by atoms with Crippen molar-refractivity contribution in [3.8, 4) is 0 Å². The van der Waals surface area contributed by atoms with Crippen LogP contribution in [0.1, 0.15) is 37.4 Å². The summed E-state index contributed by atoms with van der Waals surface area (Å²) in [5.41, 5.74) is 3.41. The van der Waals surface area contributed by atoms with E-state index < -0.39 is 0 Å². The largest absolute Gasteiger partial charge is 0.305 e. The van der Waals surface area contributed by atoms with E-state index in [1.807, 2.05) is 17.8 Å². The molecule has 2 heterocycles. The maximum Gasteiger partial charge on any atom is 0.0762 e. The third kappa shape index (κ3) is 3.67. The molecule has 0 bridgehead atoms. The van der Waals surface area contributed by atoms with E-state index in [1.165, 1.54) is 5.69 Å². The van der Waals surface area contributed by atoms with E-state index in [0.717, 1.165) is 44.0 Å². The first-order valence-corrected chi connectivity index (χ1v) is 6.99. The topological polar surface area (TPSA) is 47.7 Å². The number of aromatic nitrogens is 4. The van der Waals surface area contributed by atoms with Crippen LogP contribution in [0.3, 0.4) is 0 Å². The van der Waals surface area contributed by atoms with Gasteiger partial charge in [0.1, 0.15) is 0 Å². The van der Waals surface area contributed by atoms with Crippen molar-refractivity contribution in [2.75, 3.05) is 0 Å². The van der Waals surface area contributed by atoms with Crippen molar-refractivity contribution in [2.45, 2.75) is 53.4 Å². The summed E-state index contributed by atoms with van der Waals surface area (Å²) in [6.07, 6.45) is 3.12. The SMILES string of the molecule is CCCn1nc(C)cc1CNCc1ccn(CC)n1. The number of nitrogens with one attached hydrogen (secondary N) is 1. The minimum atomic E-state index is 0.795. The monoisotopic (exact) mass is 261 g/mol. The van der Waals surface area contributed by atoms with Crippen molar-refractivity contribution >= 4 is 0 Å². The number of rotatable bonds is 7. The average molecular weight is 261 g/mol. The molecule has 0 aliphatic rings. The van der Waals surface area contributed by atoms with Crippen molar-refractivity contribution in [3.63, 3.8) is 0 Å². The third-order valence-corrected chi connectivity index (χ3v) is 3.05. The maximum atomic E-state index is 4.50. The Balaban J connectivity index is 1.88. The highest BCUT2D eigenvalue weighted by Gasteiger charge is 2.05. The molecule has 0 saturated heterocycles. The van der Waals surface area contributed by atoms with Crippen LogP contribution in [0.25, 0.3) is 0 Å². The Bertz CT molecular complexity index is 512. The van der Waals surface area contributed by atoms with Crippen LogP contribution in [0.15, 0.2) is 18.3 Å². The van der Waals surface area contributed by atoms with Gasteiger partial charge in [-0.1, -0.05) is 6.92 Å². The van der Waals surface area contributed by atoms with E-state index in [1.54, 1.807) is 0 Å². The Hall–Kier alpha value is -1.62. The van der Waals surface area contributed by atoms with Crippen LogP contribution in [0, 0.1) is 6.92 Å². The lowest BCUT2D eigenvalue weighted by Gasteiger charge is -2.06. The molecule has 0 saturated carbocycles. The molecule has 0 fully saturated rings. The minimum absolute atomic E-state index is 0.795. The fraction of sp³-hybridized carbons (Fsp3) is 0.571. The number of hydrogen-bond donors (Lipinski definition) is 1. The molecule has 19 heavy (non-hydrogen) atoms. The quantitative estimate of drug-likeness (QED) is 0.830. The van der Waals surface area contributed by atoms with Gasteiger partial charge in [-0.3, -0.25) is 9.36 Å². The lowest BCUT2D eigenvalue weighted by Crippen LogP contribution is -2.17. The normalized spacial score (nSPS) is 11.1. The second-order valence-electron chi connectivity index (χ2n) is 4.77. The van der Waals surface area contributed by atoms with Gasteiger partial charge in [0.15, 0.2) is 0 Å². The zero-order chi connectivity index (χ0) is 13.7. The summed E-state index contributed by atoms with van der Waals surface area (Å²) in [6, 6.07) is 4.21. The number of aryl methyl sites for hydroxylation is 3. The van der Waals surface area contributed by atoms with Gasteiger partial charge in [0, 0.05) is 32.4 Å². The lowest BCUT2D eigenvalue weighted by molar-refractivity contribution is 0.543. The van der Waals surface area contributed by atoms with Crippen LogP contribution in [0.2, 0.25) is 0 Å². The Morgan fingerprint density at radius 2 is 2.05 bits per heavy atom. The van der Waals surface area contributed by atoms with Crippen molar-refractivity contribution < 1.29 is 0 Å². The van der Waals surface area contributed by atoms with Crippen molar-refractivity contribution in [2.24, 2.45) is 0 Å². The zero-order valence-electron chi connectivity index (χ0n) is 12.1. The first-order chi connectivity index (χ1) is 9.22. The summed E-state index contributed by atoms with van der Waals surface area (Å²) in [6.45, 7) is 9.83. The smallest absolute Gasteiger partial charge is 0.0762 e. The molecule has 1 N–H and O–H groups in total. The second kappa shape index (κ2) is 6.52. The highest BCUT2D eigenvalue weighted by Crippen LogP contribution is 2.05. The van der Waals surface area contributed by atoms with Crippen molar-refractivity contribution in [1.29, 1.82) is 0 Å². The predicted octanol–water partition coefficient (Wildman–Crippen LogP) is 2.11. The molecule has 5 heteroatoms. The fourth-order valence-corrected chi connectivity index (χ4v) is 2.14. The minimum Gasteiger partial charge on any atom is -0.305 e. The van der Waals surface area contributed by atoms with Gasteiger partial charge in [-0.25, -0.2) is 0 Å². The first kappa shape index (κ1) is 13.8. The Morgan fingerprint density at radius 3 is 2.74 bits per heavy atom. The molecule has 0 radical (unpaired) electrons. The highest BCUT2D eigenvalue weighted by molar-refractivity contribution is 5.09. The zero-order valence-corrected chi connectivity index (χ0v) is 12.1. The van der Waals surface area contributed by atoms with Gasteiger partial charge in [0.25, 0.3) is 0 Å². The van der Waals surface area contributed by atoms with Crippen LogP contribution >= 0.6 is 0 Å². The molecule has 0 aromatic carbocycles. The van der Waals surface area contributed by atoms with Crippen LogP contribution in [-0.2, 0) is 26.2 Å². The predicted molar refractivity (Wildman–Crippen MR) is 75.7 cm³/mol. The summed E-state index contributed by atoms with van der Waals surface area (Å²) >= 11 is 0. The van der Waals surface area contributed by atoms with E-state index >= 15 is 0 Å².